The average molecular weight is 404 g/mol. The maximum absolute atomic E-state index is 13.2. The van der Waals surface area contributed by atoms with Gasteiger partial charge in [-0.25, -0.2) is 4.39 Å². The molecule has 1 aromatic heterocycles. The summed E-state index contributed by atoms with van der Waals surface area (Å²) >= 11 is 6.56. The second kappa shape index (κ2) is 6.18. The Hall–Kier alpha value is -1.01. The standard InChI is InChI=1S/C14H13Br2FN2O/c1-3-19-12(14(16)8(2)18-19)7-13(20)9-4-5-11(17)10(15)6-9/h4-6H,3,7H2,1-2H3. The van der Waals surface area contributed by atoms with Gasteiger partial charge in [-0.2, -0.15) is 5.10 Å². The van der Waals surface area contributed by atoms with Crippen LogP contribution >= 0.6 is 31.9 Å². The summed E-state index contributed by atoms with van der Waals surface area (Å²) in [7, 11) is 0. The van der Waals surface area contributed by atoms with Gasteiger partial charge in [-0.3, -0.25) is 9.48 Å². The first-order chi connectivity index (χ1) is 9.43. The van der Waals surface area contributed by atoms with Gasteiger partial charge in [-0.1, -0.05) is 0 Å². The number of nitrogens with zero attached hydrogens (tertiary/aromatic N) is 2. The second-order valence-electron chi connectivity index (χ2n) is 4.39. The highest BCUT2D eigenvalue weighted by Crippen LogP contribution is 2.24. The number of rotatable bonds is 4. The lowest BCUT2D eigenvalue weighted by Crippen LogP contribution is -2.10. The van der Waals surface area contributed by atoms with E-state index in [9.17, 15) is 9.18 Å². The van der Waals surface area contributed by atoms with Crippen LogP contribution in [-0.2, 0) is 13.0 Å². The van der Waals surface area contributed by atoms with E-state index in [1.54, 1.807) is 4.68 Å². The Balaban J connectivity index is 2.30. The van der Waals surface area contributed by atoms with E-state index in [0.29, 0.717) is 16.6 Å². The Morgan fingerprint density at radius 2 is 2.10 bits per heavy atom. The average Bonchev–Trinajstić information content (AvgIpc) is 2.69. The summed E-state index contributed by atoms with van der Waals surface area (Å²) in [4.78, 5) is 12.3. The van der Waals surface area contributed by atoms with Gasteiger partial charge < -0.3 is 0 Å². The molecule has 0 fully saturated rings. The quantitative estimate of drug-likeness (QED) is 0.713. The first kappa shape index (κ1) is 15.4. The summed E-state index contributed by atoms with van der Waals surface area (Å²) < 4.78 is 16.1. The van der Waals surface area contributed by atoms with Crippen LogP contribution in [-0.4, -0.2) is 15.6 Å². The Labute approximate surface area is 133 Å². The maximum atomic E-state index is 13.2. The molecular weight excluding hydrogens is 391 g/mol. The summed E-state index contributed by atoms with van der Waals surface area (Å²) in [5, 5.41) is 4.36. The lowest BCUT2D eigenvalue weighted by molar-refractivity contribution is 0.0990. The Morgan fingerprint density at radius 3 is 2.70 bits per heavy atom. The van der Waals surface area contributed by atoms with Crippen molar-refractivity contribution < 1.29 is 9.18 Å². The van der Waals surface area contributed by atoms with E-state index in [1.165, 1.54) is 18.2 Å². The fourth-order valence-electron chi connectivity index (χ4n) is 1.96. The van der Waals surface area contributed by atoms with Crippen LogP contribution < -0.4 is 0 Å². The highest BCUT2D eigenvalue weighted by Gasteiger charge is 2.17. The summed E-state index contributed by atoms with van der Waals surface area (Å²) in [5.41, 5.74) is 2.18. The third kappa shape index (κ3) is 3.01. The number of ketones is 1. The van der Waals surface area contributed by atoms with Crippen molar-refractivity contribution in [3.05, 3.63) is 49.9 Å². The number of aryl methyl sites for hydroxylation is 2. The van der Waals surface area contributed by atoms with E-state index in [0.717, 1.165) is 15.9 Å². The van der Waals surface area contributed by atoms with Crippen LogP contribution in [0, 0.1) is 12.7 Å². The zero-order valence-corrected chi connectivity index (χ0v) is 14.3. The number of carbonyl (C=O) groups is 1. The van der Waals surface area contributed by atoms with Crippen LogP contribution in [0.4, 0.5) is 4.39 Å². The molecular formula is C14H13Br2FN2O. The van der Waals surface area contributed by atoms with Crippen molar-refractivity contribution in [3.8, 4) is 0 Å². The molecule has 0 spiro atoms. The van der Waals surface area contributed by atoms with Gasteiger partial charge in [0.05, 0.1) is 26.8 Å². The van der Waals surface area contributed by atoms with Crippen molar-refractivity contribution in [2.75, 3.05) is 0 Å². The van der Waals surface area contributed by atoms with Gasteiger partial charge in [0, 0.05) is 12.1 Å². The van der Waals surface area contributed by atoms with Gasteiger partial charge in [0.1, 0.15) is 5.82 Å². The number of carbonyl (C=O) groups excluding carboxylic acids is 1. The molecule has 6 heteroatoms. The molecule has 0 saturated carbocycles. The van der Waals surface area contributed by atoms with Gasteiger partial charge in [-0.15, -0.1) is 0 Å². The molecule has 3 nitrogen and oxygen atoms in total. The first-order valence-corrected chi connectivity index (χ1v) is 7.72. The third-order valence-corrected chi connectivity index (χ3v) is 4.66. The predicted octanol–water partition coefficient (Wildman–Crippen LogP) is 4.30. The number of benzene rings is 1. The topological polar surface area (TPSA) is 34.9 Å². The van der Waals surface area contributed by atoms with Crippen LogP contribution in [0.1, 0.15) is 28.7 Å². The molecule has 1 heterocycles. The maximum Gasteiger partial charge on any atom is 0.168 e. The highest BCUT2D eigenvalue weighted by atomic mass is 79.9. The molecule has 2 aromatic rings. The summed E-state index contributed by atoms with van der Waals surface area (Å²) in [6, 6.07) is 4.29. The van der Waals surface area contributed by atoms with Crippen molar-refractivity contribution in [2.24, 2.45) is 0 Å². The van der Waals surface area contributed by atoms with Crippen LogP contribution in [0.15, 0.2) is 27.1 Å². The molecule has 0 bridgehead atoms. The minimum Gasteiger partial charge on any atom is -0.294 e. The largest absolute Gasteiger partial charge is 0.294 e. The van der Waals surface area contributed by atoms with Gasteiger partial charge in [-0.05, 0) is 63.9 Å². The smallest absolute Gasteiger partial charge is 0.168 e. The molecule has 0 atom stereocenters. The van der Waals surface area contributed by atoms with Crippen LogP contribution in [0.2, 0.25) is 0 Å². The number of Topliss-reactive ketones (excluding diaryl/α,β-unsaturated/α-hetero) is 1. The number of aromatic nitrogens is 2. The van der Waals surface area contributed by atoms with Gasteiger partial charge in [0.2, 0.25) is 0 Å². The Bertz CT molecular complexity index is 667. The molecule has 0 aliphatic heterocycles. The van der Waals surface area contributed by atoms with E-state index in [1.807, 2.05) is 13.8 Å². The number of halogens is 3. The number of hydrogen-bond acceptors (Lipinski definition) is 2. The highest BCUT2D eigenvalue weighted by molar-refractivity contribution is 9.10. The molecule has 0 aliphatic rings. The minimum absolute atomic E-state index is 0.0685. The van der Waals surface area contributed by atoms with E-state index >= 15 is 0 Å². The molecule has 0 saturated heterocycles. The second-order valence-corrected chi connectivity index (χ2v) is 6.04. The summed E-state index contributed by atoms with van der Waals surface area (Å²) in [6.45, 7) is 4.56. The van der Waals surface area contributed by atoms with E-state index < -0.39 is 0 Å². The van der Waals surface area contributed by atoms with Crippen molar-refractivity contribution in [1.82, 2.24) is 9.78 Å². The third-order valence-electron chi connectivity index (χ3n) is 3.02. The van der Waals surface area contributed by atoms with Crippen molar-refractivity contribution >= 4 is 37.6 Å². The minimum atomic E-state index is -0.378. The molecule has 2 rings (SSSR count). The zero-order valence-electron chi connectivity index (χ0n) is 11.1. The first-order valence-electron chi connectivity index (χ1n) is 6.14. The van der Waals surface area contributed by atoms with Crippen LogP contribution in [0.25, 0.3) is 0 Å². The number of hydrogen-bond donors (Lipinski definition) is 0. The summed E-state index contributed by atoms with van der Waals surface area (Å²) in [6.07, 6.45) is 0.229. The molecule has 0 N–H and O–H groups in total. The van der Waals surface area contributed by atoms with Crippen molar-refractivity contribution in [3.63, 3.8) is 0 Å². The van der Waals surface area contributed by atoms with Gasteiger partial charge in [0.15, 0.2) is 5.78 Å². The normalized spacial score (nSPS) is 10.8. The zero-order chi connectivity index (χ0) is 14.9. The summed E-state index contributed by atoms with van der Waals surface area (Å²) in [5.74, 6) is -0.446. The van der Waals surface area contributed by atoms with Crippen LogP contribution in [0.5, 0.6) is 0 Å². The fraction of sp³-hybridized carbons (Fsp3) is 0.286. The van der Waals surface area contributed by atoms with Gasteiger partial charge in [0.25, 0.3) is 0 Å². The monoisotopic (exact) mass is 402 g/mol. The Kier molecular flexibility index (Phi) is 4.75. The van der Waals surface area contributed by atoms with Crippen molar-refractivity contribution in [2.45, 2.75) is 26.8 Å². The molecule has 106 valence electrons. The van der Waals surface area contributed by atoms with E-state index in [4.69, 9.17) is 0 Å². The molecule has 0 radical (unpaired) electrons. The van der Waals surface area contributed by atoms with E-state index in [-0.39, 0.29) is 18.0 Å². The molecule has 20 heavy (non-hydrogen) atoms. The molecule has 1 aromatic carbocycles. The Morgan fingerprint density at radius 1 is 1.40 bits per heavy atom. The lowest BCUT2D eigenvalue weighted by Gasteiger charge is -2.06. The lowest BCUT2D eigenvalue weighted by atomic mass is 10.1. The molecule has 0 unspecified atom stereocenters. The fourth-order valence-corrected chi connectivity index (χ4v) is 2.76. The SMILES string of the molecule is CCn1nc(C)c(Br)c1CC(=O)c1ccc(F)c(Br)c1. The van der Waals surface area contributed by atoms with Crippen LogP contribution in [0.3, 0.4) is 0 Å². The predicted molar refractivity (Wildman–Crippen MR) is 82.5 cm³/mol. The van der Waals surface area contributed by atoms with Crippen molar-refractivity contribution in [1.29, 1.82) is 0 Å². The molecule has 0 aliphatic carbocycles. The van der Waals surface area contributed by atoms with E-state index in [2.05, 4.69) is 37.0 Å². The molecule has 0 amide bonds. The van der Waals surface area contributed by atoms with Gasteiger partial charge >= 0.3 is 0 Å².